The Labute approximate surface area is 245 Å². The van der Waals surface area contributed by atoms with Crippen molar-refractivity contribution in [2.75, 3.05) is 32.6 Å². The second-order valence-electron chi connectivity index (χ2n) is 11.6. The standard InChI is InChI=1S/C32H34FNO7S/c1-18-10-23(39-16-20-14-34(15-20)42(3,37)38)11-19(2)31(18)25-6-8-27(33)32-26(25)7-9-28(32)41-22-4-5-24-21(12-30(35)36)17-40-29(24)13-22/h4-6,8,10-11,13,20-21,28H,7,9,12,14-17H2,1-3H3,(H,35,36)/t21?,28-/m1/s1. The van der Waals surface area contributed by atoms with Gasteiger partial charge in [0.1, 0.15) is 29.2 Å². The van der Waals surface area contributed by atoms with E-state index in [1.54, 1.807) is 12.1 Å². The molecule has 3 aromatic carbocycles. The average molecular weight is 596 g/mol. The van der Waals surface area contributed by atoms with Gasteiger partial charge in [-0.2, -0.15) is 0 Å². The molecule has 2 aliphatic heterocycles. The second kappa shape index (κ2) is 10.9. The van der Waals surface area contributed by atoms with Crippen molar-refractivity contribution in [3.8, 4) is 28.4 Å². The molecule has 8 nitrogen and oxygen atoms in total. The van der Waals surface area contributed by atoms with Gasteiger partial charge in [-0.15, -0.1) is 0 Å². The SMILES string of the molecule is Cc1cc(OCC2CN(S(C)(=O)=O)C2)cc(C)c1-c1ccc(F)c2c1CC[C@H]2Oc1ccc2c(c1)OCC2CC(=O)O. The van der Waals surface area contributed by atoms with Gasteiger partial charge < -0.3 is 19.3 Å². The van der Waals surface area contributed by atoms with Crippen molar-refractivity contribution in [1.29, 1.82) is 0 Å². The van der Waals surface area contributed by atoms with Crippen LogP contribution in [0.2, 0.25) is 0 Å². The number of hydrogen-bond donors (Lipinski definition) is 1. The highest BCUT2D eigenvalue weighted by atomic mass is 32.2. The summed E-state index contributed by atoms with van der Waals surface area (Å²) in [6.07, 6.45) is 2.08. The van der Waals surface area contributed by atoms with Crippen LogP contribution in [0.1, 0.15) is 52.7 Å². The van der Waals surface area contributed by atoms with Gasteiger partial charge in [0.15, 0.2) is 0 Å². The molecule has 10 heteroatoms. The van der Waals surface area contributed by atoms with Crippen LogP contribution in [-0.2, 0) is 21.2 Å². The fraction of sp³-hybridized carbons (Fsp3) is 0.406. The highest BCUT2D eigenvalue weighted by Gasteiger charge is 2.34. The van der Waals surface area contributed by atoms with Crippen LogP contribution in [0.25, 0.3) is 11.1 Å². The third kappa shape index (κ3) is 5.45. The number of halogens is 1. The highest BCUT2D eigenvalue weighted by molar-refractivity contribution is 7.88. The largest absolute Gasteiger partial charge is 0.493 e. The monoisotopic (exact) mass is 595 g/mol. The van der Waals surface area contributed by atoms with Crippen LogP contribution in [0.3, 0.4) is 0 Å². The molecule has 1 fully saturated rings. The molecule has 6 rings (SSSR count). The number of nitrogens with zero attached hydrogens (tertiary/aromatic N) is 1. The fourth-order valence-electron chi connectivity index (χ4n) is 6.44. The lowest BCUT2D eigenvalue weighted by Crippen LogP contribution is -2.51. The lowest BCUT2D eigenvalue weighted by molar-refractivity contribution is -0.137. The number of aryl methyl sites for hydroxylation is 2. The molecule has 1 saturated heterocycles. The third-order valence-corrected chi connectivity index (χ3v) is 9.74. The molecule has 2 atom stereocenters. The molecular weight excluding hydrogens is 561 g/mol. The van der Waals surface area contributed by atoms with E-state index in [1.165, 1.54) is 16.6 Å². The zero-order valence-corrected chi connectivity index (χ0v) is 24.7. The molecule has 0 saturated carbocycles. The predicted molar refractivity (Wildman–Crippen MR) is 155 cm³/mol. The van der Waals surface area contributed by atoms with E-state index >= 15 is 4.39 Å². The molecule has 3 aliphatic rings. The Morgan fingerprint density at radius 1 is 1.10 bits per heavy atom. The molecule has 0 radical (unpaired) electrons. The zero-order valence-electron chi connectivity index (χ0n) is 23.9. The summed E-state index contributed by atoms with van der Waals surface area (Å²) in [6.45, 7) is 5.76. The van der Waals surface area contributed by atoms with Crippen LogP contribution in [0.5, 0.6) is 17.2 Å². The van der Waals surface area contributed by atoms with Gasteiger partial charge in [-0.1, -0.05) is 12.1 Å². The van der Waals surface area contributed by atoms with E-state index in [9.17, 15) is 13.2 Å². The minimum atomic E-state index is -3.15. The van der Waals surface area contributed by atoms with Gasteiger partial charge in [0.25, 0.3) is 0 Å². The molecule has 0 amide bonds. The number of carboxylic acid groups (broad SMARTS) is 1. The summed E-state index contributed by atoms with van der Waals surface area (Å²) in [5.41, 5.74) is 6.41. The van der Waals surface area contributed by atoms with E-state index < -0.39 is 22.1 Å². The number of carbonyl (C=O) groups is 1. The summed E-state index contributed by atoms with van der Waals surface area (Å²) < 4.78 is 58.0. The summed E-state index contributed by atoms with van der Waals surface area (Å²) in [4.78, 5) is 11.2. The van der Waals surface area contributed by atoms with Crippen molar-refractivity contribution in [2.45, 2.75) is 45.1 Å². The predicted octanol–water partition coefficient (Wildman–Crippen LogP) is 5.40. The van der Waals surface area contributed by atoms with E-state index in [0.29, 0.717) is 56.2 Å². The molecule has 3 aromatic rings. The molecule has 222 valence electrons. The molecule has 0 aromatic heterocycles. The number of ether oxygens (including phenoxy) is 3. The minimum Gasteiger partial charge on any atom is -0.493 e. The van der Waals surface area contributed by atoms with Gasteiger partial charge in [0.2, 0.25) is 10.0 Å². The number of hydrogen-bond acceptors (Lipinski definition) is 6. The molecule has 0 bridgehead atoms. The third-order valence-electron chi connectivity index (χ3n) is 8.50. The zero-order chi connectivity index (χ0) is 29.8. The molecular formula is C32H34FNO7S. The first-order valence-corrected chi connectivity index (χ1v) is 16.0. The van der Waals surface area contributed by atoms with Gasteiger partial charge in [0, 0.05) is 42.1 Å². The van der Waals surface area contributed by atoms with Gasteiger partial charge in [0.05, 0.1) is 25.9 Å². The molecule has 1 aliphatic carbocycles. The topological polar surface area (TPSA) is 102 Å². The highest BCUT2D eigenvalue weighted by Crippen LogP contribution is 2.45. The van der Waals surface area contributed by atoms with Crippen LogP contribution in [-0.4, -0.2) is 56.4 Å². The molecule has 2 heterocycles. The van der Waals surface area contributed by atoms with Crippen LogP contribution < -0.4 is 14.2 Å². The number of carboxylic acids is 1. The van der Waals surface area contributed by atoms with Gasteiger partial charge in [-0.25, -0.2) is 17.1 Å². The van der Waals surface area contributed by atoms with Gasteiger partial charge >= 0.3 is 5.97 Å². The lowest BCUT2D eigenvalue weighted by Gasteiger charge is -2.36. The van der Waals surface area contributed by atoms with E-state index in [4.69, 9.17) is 19.3 Å². The smallest absolute Gasteiger partial charge is 0.304 e. The molecule has 42 heavy (non-hydrogen) atoms. The van der Waals surface area contributed by atoms with Gasteiger partial charge in [-0.3, -0.25) is 4.79 Å². The summed E-state index contributed by atoms with van der Waals surface area (Å²) in [7, 11) is -3.15. The maximum atomic E-state index is 15.3. The van der Waals surface area contributed by atoms with Crippen LogP contribution in [0.4, 0.5) is 4.39 Å². The maximum absolute atomic E-state index is 15.3. The van der Waals surface area contributed by atoms with Crippen molar-refractivity contribution in [2.24, 2.45) is 5.92 Å². The Morgan fingerprint density at radius 2 is 1.83 bits per heavy atom. The molecule has 1 N–H and O–H groups in total. The summed E-state index contributed by atoms with van der Waals surface area (Å²) in [5, 5.41) is 9.16. The maximum Gasteiger partial charge on any atom is 0.304 e. The number of benzene rings is 3. The van der Waals surface area contributed by atoms with E-state index in [0.717, 1.165) is 39.1 Å². The Morgan fingerprint density at radius 3 is 2.52 bits per heavy atom. The Hall–Kier alpha value is -3.63. The van der Waals surface area contributed by atoms with Gasteiger partial charge in [-0.05, 0) is 78.8 Å². The Kier molecular flexibility index (Phi) is 7.39. The van der Waals surface area contributed by atoms with Crippen LogP contribution in [0, 0.1) is 25.6 Å². The number of fused-ring (bicyclic) bond motifs is 2. The first-order valence-electron chi connectivity index (χ1n) is 14.1. The van der Waals surface area contributed by atoms with Crippen LogP contribution >= 0.6 is 0 Å². The first kappa shape index (κ1) is 28.5. The second-order valence-corrected chi connectivity index (χ2v) is 13.6. The summed E-state index contributed by atoms with van der Waals surface area (Å²) in [6, 6.07) is 12.7. The van der Waals surface area contributed by atoms with Crippen molar-refractivity contribution in [3.05, 3.63) is 76.1 Å². The minimum absolute atomic E-state index is 0.00771. The fourth-order valence-corrected chi connectivity index (χ4v) is 7.41. The van der Waals surface area contributed by atoms with Crippen molar-refractivity contribution in [3.63, 3.8) is 0 Å². The Bertz CT molecular complexity index is 1640. The Balaban J connectivity index is 1.19. The molecule has 1 unspecified atom stereocenters. The molecule has 0 spiro atoms. The number of aliphatic carboxylic acids is 1. The van der Waals surface area contributed by atoms with E-state index in [-0.39, 0.29) is 24.1 Å². The van der Waals surface area contributed by atoms with Crippen LogP contribution in [0.15, 0.2) is 42.5 Å². The lowest BCUT2D eigenvalue weighted by atomic mass is 9.90. The number of rotatable bonds is 9. The van der Waals surface area contributed by atoms with Crippen molar-refractivity contribution >= 4 is 16.0 Å². The quantitative estimate of drug-likeness (QED) is 0.354. The van der Waals surface area contributed by atoms with Crippen molar-refractivity contribution in [1.82, 2.24) is 4.31 Å². The average Bonchev–Trinajstić information content (AvgIpc) is 3.47. The summed E-state index contributed by atoms with van der Waals surface area (Å²) >= 11 is 0. The van der Waals surface area contributed by atoms with E-state index in [1.807, 2.05) is 38.1 Å². The van der Waals surface area contributed by atoms with Crippen molar-refractivity contribution < 1.29 is 36.9 Å². The number of sulfonamides is 1. The normalized spacial score (nSPS) is 20.0. The summed E-state index contributed by atoms with van der Waals surface area (Å²) in [5.74, 6) is 0.725. The van der Waals surface area contributed by atoms with E-state index in [2.05, 4.69) is 0 Å². The first-order chi connectivity index (χ1) is 20.0.